The number of carboxylic acids is 1. The van der Waals surface area contributed by atoms with Gasteiger partial charge in [-0.1, -0.05) is 43.4 Å². The Kier molecular flexibility index (Phi) is 5.61. The number of anilines is 1. The fraction of sp³-hybridized carbons (Fsp3) is 0.304. The minimum absolute atomic E-state index is 0.189. The molecule has 0 bridgehead atoms. The molecule has 27 heavy (non-hydrogen) atoms. The number of carboxylic acid groups (broad SMARTS) is 1. The van der Waals surface area contributed by atoms with Gasteiger partial charge in [-0.15, -0.1) is 0 Å². The summed E-state index contributed by atoms with van der Waals surface area (Å²) < 4.78 is 0. The highest BCUT2D eigenvalue weighted by molar-refractivity contribution is 5.91. The van der Waals surface area contributed by atoms with E-state index in [-0.39, 0.29) is 11.5 Å². The molecule has 0 saturated heterocycles. The van der Waals surface area contributed by atoms with Crippen LogP contribution in [0.5, 0.6) is 0 Å². The van der Waals surface area contributed by atoms with Crippen LogP contribution in [0.25, 0.3) is 0 Å². The van der Waals surface area contributed by atoms with Crippen LogP contribution in [-0.4, -0.2) is 17.6 Å². The van der Waals surface area contributed by atoms with Gasteiger partial charge in [-0.3, -0.25) is 0 Å². The molecule has 0 amide bonds. The van der Waals surface area contributed by atoms with Crippen LogP contribution >= 0.6 is 0 Å². The average Bonchev–Trinajstić information content (AvgIpc) is 2.83. The first-order valence-electron chi connectivity index (χ1n) is 9.35. The van der Waals surface area contributed by atoms with Crippen LogP contribution in [0.2, 0.25) is 0 Å². The van der Waals surface area contributed by atoms with E-state index in [0.29, 0.717) is 5.92 Å². The van der Waals surface area contributed by atoms with Crippen molar-refractivity contribution < 1.29 is 9.90 Å². The summed E-state index contributed by atoms with van der Waals surface area (Å²) in [7, 11) is 0. The zero-order valence-corrected chi connectivity index (χ0v) is 15.7. The first kappa shape index (κ1) is 18.7. The molecule has 1 aliphatic heterocycles. The van der Waals surface area contributed by atoms with Crippen LogP contribution in [0.15, 0.2) is 71.5 Å². The molecule has 1 aromatic rings. The van der Waals surface area contributed by atoms with Crippen molar-refractivity contribution in [1.29, 1.82) is 5.26 Å². The van der Waals surface area contributed by atoms with Gasteiger partial charge >= 0.3 is 5.97 Å². The van der Waals surface area contributed by atoms with Crippen molar-refractivity contribution in [2.45, 2.75) is 26.7 Å². The highest BCUT2D eigenvalue weighted by atomic mass is 16.4. The van der Waals surface area contributed by atoms with E-state index in [1.807, 2.05) is 6.08 Å². The summed E-state index contributed by atoms with van der Waals surface area (Å²) in [6.07, 6.45) is 11.5. The molecule has 2 unspecified atom stereocenters. The molecule has 1 aromatic carbocycles. The normalized spacial score (nSPS) is 22.3. The Hall–Kier alpha value is -3.06. The van der Waals surface area contributed by atoms with Gasteiger partial charge in [-0.05, 0) is 55.0 Å². The molecule has 1 aliphatic carbocycles. The zero-order valence-electron chi connectivity index (χ0n) is 15.7. The molecule has 3 rings (SSSR count). The fourth-order valence-corrected chi connectivity index (χ4v) is 3.95. The Labute approximate surface area is 160 Å². The Morgan fingerprint density at radius 1 is 1.37 bits per heavy atom. The third-order valence-electron chi connectivity index (χ3n) is 5.43. The number of carbonyl (C=O) groups is 1. The van der Waals surface area contributed by atoms with Crippen molar-refractivity contribution in [3.63, 3.8) is 0 Å². The van der Waals surface area contributed by atoms with E-state index < -0.39 is 5.97 Å². The van der Waals surface area contributed by atoms with Crippen molar-refractivity contribution >= 4 is 11.7 Å². The zero-order chi connectivity index (χ0) is 19.4. The summed E-state index contributed by atoms with van der Waals surface area (Å²) in [5, 5.41) is 17.8. The van der Waals surface area contributed by atoms with Crippen molar-refractivity contribution in [3.8, 4) is 6.07 Å². The van der Waals surface area contributed by atoms with Gasteiger partial charge in [0.25, 0.3) is 0 Å². The standard InChI is InChI=1S/C23H24N2O2/c1-3-25-21-10-5-4-7-18(21)11-13-20-16(2)17(12-14-22(20)25)8-6-9-19(15-24)23(26)27/h4-10,12,14,16-17H,3,11,13H2,1-2H3,(H,26,27)/b8-6+,19-9-. The van der Waals surface area contributed by atoms with Gasteiger partial charge in [0.2, 0.25) is 0 Å². The maximum Gasteiger partial charge on any atom is 0.346 e. The number of aryl methyl sites for hydroxylation is 1. The number of hydrogen-bond acceptors (Lipinski definition) is 3. The quantitative estimate of drug-likeness (QED) is 0.483. The van der Waals surface area contributed by atoms with E-state index in [0.717, 1.165) is 19.4 Å². The summed E-state index contributed by atoms with van der Waals surface area (Å²) in [4.78, 5) is 13.3. The Morgan fingerprint density at radius 3 is 2.85 bits per heavy atom. The second kappa shape index (κ2) is 8.09. The molecule has 1 heterocycles. The molecule has 2 atom stereocenters. The minimum atomic E-state index is -1.19. The van der Waals surface area contributed by atoms with Crippen molar-refractivity contribution in [2.75, 3.05) is 11.4 Å². The molecule has 0 saturated carbocycles. The number of para-hydroxylation sites is 1. The number of nitriles is 1. The summed E-state index contributed by atoms with van der Waals surface area (Å²) in [6.45, 7) is 5.32. The fourth-order valence-electron chi connectivity index (χ4n) is 3.95. The van der Waals surface area contributed by atoms with Crippen molar-refractivity contribution in [2.24, 2.45) is 11.8 Å². The molecule has 4 heteroatoms. The van der Waals surface area contributed by atoms with Crippen molar-refractivity contribution in [3.05, 3.63) is 77.1 Å². The highest BCUT2D eigenvalue weighted by Crippen LogP contribution is 2.40. The van der Waals surface area contributed by atoms with Gasteiger partial charge in [0.05, 0.1) is 0 Å². The number of hydrogen-bond donors (Lipinski definition) is 1. The van der Waals surface area contributed by atoms with Crippen molar-refractivity contribution in [1.82, 2.24) is 0 Å². The molecule has 4 nitrogen and oxygen atoms in total. The van der Waals surface area contributed by atoms with Crippen LogP contribution in [-0.2, 0) is 11.2 Å². The smallest absolute Gasteiger partial charge is 0.346 e. The Morgan fingerprint density at radius 2 is 2.15 bits per heavy atom. The van der Waals surface area contributed by atoms with E-state index in [4.69, 9.17) is 10.4 Å². The highest BCUT2D eigenvalue weighted by Gasteiger charge is 2.28. The largest absolute Gasteiger partial charge is 0.477 e. The minimum Gasteiger partial charge on any atom is -0.477 e. The molecular formula is C23H24N2O2. The maximum absolute atomic E-state index is 10.9. The SMILES string of the molecule is CCN1C2=C(CCc3ccccc31)C(C)C(/C=C/C=C(/C#N)C(=O)O)C=C2. The Balaban J connectivity index is 1.87. The molecular weight excluding hydrogens is 336 g/mol. The van der Waals surface area contributed by atoms with Gasteiger partial charge < -0.3 is 10.0 Å². The van der Waals surface area contributed by atoms with E-state index in [1.165, 1.54) is 28.6 Å². The van der Waals surface area contributed by atoms with Crippen LogP contribution in [0.1, 0.15) is 25.8 Å². The summed E-state index contributed by atoms with van der Waals surface area (Å²) in [6, 6.07) is 10.3. The van der Waals surface area contributed by atoms with Crippen LogP contribution in [0, 0.1) is 23.2 Å². The van der Waals surface area contributed by atoms with E-state index in [9.17, 15) is 4.79 Å². The van der Waals surface area contributed by atoms with Gasteiger partial charge in [-0.2, -0.15) is 5.26 Å². The summed E-state index contributed by atoms with van der Waals surface area (Å²) in [5.74, 6) is -0.679. The predicted molar refractivity (Wildman–Crippen MR) is 107 cm³/mol. The molecule has 0 radical (unpaired) electrons. The lowest BCUT2D eigenvalue weighted by molar-refractivity contribution is -0.132. The van der Waals surface area contributed by atoms with Crippen LogP contribution in [0.4, 0.5) is 5.69 Å². The third kappa shape index (κ3) is 3.73. The lowest BCUT2D eigenvalue weighted by Crippen LogP contribution is -2.26. The second-order valence-electron chi connectivity index (χ2n) is 6.89. The first-order chi connectivity index (χ1) is 13.1. The van der Waals surface area contributed by atoms with E-state index in [1.54, 1.807) is 12.1 Å². The monoisotopic (exact) mass is 360 g/mol. The van der Waals surface area contributed by atoms with Gasteiger partial charge in [0, 0.05) is 23.8 Å². The summed E-state index contributed by atoms with van der Waals surface area (Å²) >= 11 is 0. The number of rotatable bonds is 4. The van der Waals surface area contributed by atoms with Crippen LogP contribution < -0.4 is 4.90 Å². The number of fused-ring (bicyclic) bond motifs is 1. The number of likely N-dealkylation sites (N-methyl/N-ethyl adjacent to an activating group) is 1. The van der Waals surface area contributed by atoms with E-state index >= 15 is 0 Å². The molecule has 2 aliphatic rings. The first-order valence-corrected chi connectivity index (χ1v) is 9.35. The predicted octanol–water partition coefficient (Wildman–Crippen LogP) is 4.63. The summed E-state index contributed by atoms with van der Waals surface area (Å²) in [5.41, 5.74) is 5.15. The lowest BCUT2D eigenvalue weighted by atomic mass is 9.80. The molecule has 0 aromatic heterocycles. The number of nitrogens with zero attached hydrogens (tertiary/aromatic N) is 2. The topological polar surface area (TPSA) is 64.3 Å². The van der Waals surface area contributed by atoms with Gasteiger partial charge in [0.15, 0.2) is 0 Å². The average molecular weight is 360 g/mol. The molecule has 0 spiro atoms. The lowest BCUT2D eigenvalue weighted by Gasteiger charge is -2.32. The van der Waals surface area contributed by atoms with Crippen LogP contribution in [0.3, 0.4) is 0 Å². The molecule has 138 valence electrons. The number of allylic oxidation sites excluding steroid dienone is 6. The number of benzene rings is 1. The second-order valence-corrected chi connectivity index (χ2v) is 6.89. The number of aliphatic carboxylic acids is 1. The third-order valence-corrected chi connectivity index (χ3v) is 5.43. The molecule has 1 N–H and O–H groups in total. The van der Waals surface area contributed by atoms with Gasteiger partial charge in [-0.25, -0.2) is 4.79 Å². The maximum atomic E-state index is 10.9. The Bertz CT molecular complexity index is 899. The van der Waals surface area contributed by atoms with Gasteiger partial charge in [0.1, 0.15) is 11.6 Å². The van der Waals surface area contributed by atoms with E-state index in [2.05, 4.69) is 55.2 Å². The molecule has 0 fully saturated rings.